The summed E-state index contributed by atoms with van der Waals surface area (Å²) < 4.78 is 0. The van der Waals surface area contributed by atoms with Crippen LogP contribution in [0.5, 0.6) is 0 Å². The van der Waals surface area contributed by atoms with Crippen LogP contribution in [0.1, 0.15) is 45.5 Å². The number of nitrogens with zero attached hydrogens (tertiary/aromatic N) is 2. The molecule has 0 saturated heterocycles. The second-order valence-corrected chi connectivity index (χ2v) is 9.23. The Labute approximate surface area is 162 Å². The van der Waals surface area contributed by atoms with E-state index in [1.807, 2.05) is 49.4 Å². The Morgan fingerprint density at radius 3 is 2.77 bits per heavy atom. The second kappa shape index (κ2) is 7.12. The minimum absolute atomic E-state index is 0.150. The molecule has 1 aromatic carbocycles. The molecule has 26 heavy (non-hydrogen) atoms. The van der Waals surface area contributed by atoms with Gasteiger partial charge in [-0.25, -0.2) is 9.97 Å². The number of carbonyl (C=O) groups excluding carboxylic acids is 1. The van der Waals surface area contributed by atoms with Crippen LogP contribution in [0.15, 0.2) is 29.3 Å². The highest BCUT2D eigenvalue weighted by atomic mass is 32.2. The highest BCUT2D eigenvalue weighted by Gasteiger charge is 2.24. The fourth-order valence-electron chi connectivity index (χ4n) is 3.47. The summed E-state index contributed by atoms with van der Waals surface area (Å²) >= 11 is 3.37. The second-order valence-electron chi connectivity index (χ2n) is 7.19. The highest BCUT2D eigenvalue weighted by Crippen LogP contribution is 2.40. The van der Waals surface area contributed by atoms with Crippen LogP contribution in [0, 0.1) is 19.8 Å². The number of rotatable bonds is 4. The molecule has 2 heterocycles. The summed E-state index contributed by atoms with van der Waals surface area (Å²) in [6.07, 6.45) is 3.46. The van der Waals surface area contributed by atoms with E-state index < -0.39 is 0 Å². The third-order valence-corrected chi connectivity index (χ3v) is 7.07. The summed E-state index contributed by atoms with van der Waals surface area (Å²) in [4.78, 5) is 24.5. The largest absolute Gasteiger partial charge is 0.293 e. The van der Waals surface area contributed by atoms with E-state index in [0.29, 0.717) is 5.75 Å². The predicted octanol–water partition coefficient (Wildman–Crippen LogP) is 5.41. The molecular formula is C21H22N2OS2. The van der Waals surface area contributed by atoms with Crippen LogP contribution >= 0.6 is 23.1 Å². The summed E-state index contributed by atoms with van der Waals surface area (Å²) in [5.74, 6) is 2.09. The van der Waals surface area contributed by atoms with E-state index in [2.05, 4.69) is 16.9 Å². The van der Waals surface area contributed by atoms with E-state index in [0.717, 1.165) is 40.0 Å². The molecule has 1 aliphatic carbocycles. The predicted molar refractivity (Wildman–Crippen MR) is 110 cm³/mol. The fourth-order valence-corrected chi connectivity index (χ4v) is 5.96. The van der Waals surface area contributed by atoms with Gasteiger partial charge in [-0.05, 0) is 44.6 Å². The smallest absolute Gasteiger partial charge is 0.173 e. The first-order chi connectivity index (χ1) is 12.5. The van der Waals surface area contributed by atoms with Gasteiger partial charge >= 0.3 is 0 Å². The summed E-state index contributed by atoms with van der Waals surface area (Å²) in [6, 6.07) is 7.79. The number of thiophene rings is 1. The van der Waals surface area contributed by atoms with Crippen molar-refractivity contribution in [3.63, 3.8) is 0 Å². The first-order valence-corrected chi connectivity index (χ1v) is 10.8. The van der Waals surface area contributed by atoms with Gasteiger partial charge in [0.15, 0.2) is 5.78 Å². The molecular weight excluding hydrogens is 360 g/mol. The van der Waals surface area contributed by atoms with Crippen molar-refractivity contribution in [2.75, 3.05) is 5.75 Å². The van der Waals surface area contributed by atoms with Crippen molar-refractivity contribution in [2.45, 2.75) is 45.1 Å². The zero-order valence-corrected chi connectivity index (χ0v) is 17.0. The lowest BCUT2D eigenvalue weighted by molar-refractivity contribution is 0.102. The minimum Gasteiger partial charge on any atom is -0.293 e. The van der Waals surface area contributed by atoms with Gasteiger partial charge in [0.1, 0.15) is 15.7 Å². The monoisotopic (exact) mass is 382 g/mol. The van der Waals surface area contributed by atoms with Gasteiger partial charge in [-0.15, -0.1) is 11.3 Å². The van der Waals surface area contributed by atoms with Gasteiger partial charge < -0.3 is 0 Å². The van der Waals surface area contributed by atoms with E-state index in [4.69, 9.17) is 0 Å². The standard InChI is InChI=1S/C21H22N2OS2/c1-12-4-7-15(8-5-12)17(24)11-25-20-19-16-9-6-13(2)10-18(16)26-21(19)23-14(3)22-20/h4-5,7-8,13H,6,9-11H2,1-3H3/t13-/m0/s1. The van der Waals surface area contributed by atoms with Crippen molar-refractivity contribution in [2.24, 2.45) is 5.92 Å². The molecule has 134 valence electrons. The Bertz CT molecular complexity index is 976. The van der Waals surface area contributed by atoms with E-state index in [1.165, 1.54) is 27.8 Å². The van der Waals surface area contributed by atoms with Crippen molar-refractivity contribution in [3.8, 4) is 0 Å². The molecule has 1 aliphatic rings. The van der Waals surface area contributed by atoms with Crippen LogP contribution in [0.3, 0.4) is 0 Å². The van der Waals surface area contributed by atoms with Gasteiger partial charge in [-0.1, -0.05) is 48.5 Å². The number of ketones is 1. The molecule has 0 aliphatic heterocycles. The quantitative estimate of drug-likeness (QED) is 0.344. The van der Waals surface area contributed by atoms with Crippen LogP contribution < -0.4 is 0 Å². The van der Waals surface area contributed by atoms with Crippen molar-refractivity contribution >= 4 is 39.1 Å². The zero-order chi connectivity index (χ0) is 18.3. The SMILES string of the molecule is Cc1ccc(C(=O)CSc2nc(C)nc3sc4c(c23)CC[C@H](C)C4)cc1. The van der Waals surface area contributed by atoms with E-state index in [9.17, 15) is 4.79 Å². The lowest BCUT2D eigenvalue weighted by Crippen LogP contribution is -2.09. The molecule has 0 radical (unpaired) electrons. The maximum absolute atomic E-state index is 12.6. The summed E-state index contributed by atoms with van der Waals surface area (Å²) in [6.45, 7) is 6.29. The lowest BCUT2D eigenvalue weighted by Gasteiger charge is -2.18. The number of aryl methyl sites for hydroxylation is 3. The molecule has 0 spiro atoms. The third-order valence-electron chi connectivity index (χ3n) is 4.95. The molecule has 4 rings (SSSR count). The summed E-state index contributed by atoms with van der Waals surface area (Å²) in [7, 11) is 0. The van der Waals surface area contributed by atoms with Crippen molar-refractivity contribution in [3.05, 3.63) is 51.7 Å². The summed E-state index contributed by atoms with van der Waals surface area (Å²) in [5, 5.41) is 2.17. The van der Waals surface area contributed by atoms with Gasteiger partial charge in [-0.2, -0.15) is 0 Å². The number of aromatic nitrogens is 2. The molecule has 0 fully saturated rings. The first kappa shape index (κ1) is 17.7. The van der Waals surface area contributed by atoms with E-state index in [-0.39, 0.29) is 5.78 Å². The Hall–Kier alpha value is -1.72. The van der Waals surface area contributed by atoms with Gasteiger partial charge in [0.05, 0.1) is 5.75 Å². The van der Waals surface area contributed by atoms with Crippen molar-refractivity contribution in [1.82, 2.24) is 9.97 Å². The maximum atomic E-state index is 12.6. The molecule has 0 unspecified atom stereocenters. The molecule has 3 aromatic rings. The minimum atomic E-state index is 0.150. The molecule has 0 saturated carbocycles. The van der Waals surface area contributed by atoms with Crippen molar-refractivity contribution in [1.29, 1.82) is 0 Å². The number of hydrogen-bond acceptors (Lipinski definition) is 5. The molecule has 0 bridgehead atoms. The van der Waals surface area contributed by atoms with E-state index in [1.54, 1.807) is 11.8 Å². The van der Waals surface area contributed by atoms with Crippen LogP contribution in [-0.2, 0) is 12.8 Å². The van der Waals surface area contributed by atoms with Gasteiger partial charge in [-0.3, -0.25) is 4.79 Å². The Kier molecular flexibility index (Phi) is 4.84. The Morgan fingerprint density at radius 2 is 2.00 bits per heavy atom. The molecule has 2 aromatic heterocycles. The van der Waals surface area contributed by atoms with Gasteiger partial charge in [0.25, 0.3) is 0 Å². The van der Waals surface area contributed by atoms with E-state index >= 15 is 0 Å². The highest BCUT2D eigenvalue weighted by molar-refractivity contribution is 8.00. The van der Waals surface area contributed by atoms with Crippen LogP contribution in [0.25, 0.3) is 10.2 Å². The van der Waals surface area contributed by atoms with Crippen LogP contribution in [0.2, 0.25) is 0 Å². The van der Waals surface area contributed by atoms with Crippen LogP contribution in [-0.4, -0.2) is 21.5 Å². The number of Topliss-reactive ketones (excluding diaryl/α,β-unsaturated/α-hetero) is 1. The number of thioether (sulfide) groups is 1. The zero-order valence-electron chi connectivity index (χ0n) is 15.3. The fraction of sp³-hybridized carbons (Fsp3) is 0.381. The lowest BCUT2D eigenvalue weighted by atomic mass is 9.89. The maximum Gasteiger partial charge on any atom is 0.173 e. The summed E-state index contributed by atoms with van der Waals surface area (Å²) in [5.41, 5.74) is 3.36. The Morgan fingerprint density at radius 1 is 1.23 bits per heavy atom. The number of fused-ring (bicyclic) bond motifs is 3. The van der Waals surface area contributed by atoms with Gasteiger partial charge in [0, 0.05) is 15.8 Å². The molecule has 0 N–H and O–H groups in total. The number of benzene rings is 1. The molecule has 0 amide bonds. The average Bonchev–Trinajstić information content (AvgIpc) is 2.96. The first-order valence-electron chi connectivity index (χ1n) is 9.03. The van der Waals surface area contributed by atoms with Crippen molar-refractivity contribution < 1.29 is 4.79 Å². The molecule has 3 nitrogen and oxygen atoms in total. The molecule has 5 heteroatoms. The Balaban J connectivity index is 1.63. The normalized spacial score (nSPS) is 16.7. The average molecular weight is 383 g/mol. The molecule has 1 atom stereocenters. The van der Waals surface area contributed by atoms with Crippen LogP contribution in [0.4, 0.5) is 0 Å². The number of carbonyl (C=O) groups is 1. The van der Waals surface area contributed by atoms with Gasteiger partial charge in [0.2, 0.25) is 0 Å². The topological polar surface area (TPSA) is 42.9 Å². The number of hydrogen-bond donors (Lipinski definition) is 0. The third kappa shape index (κ3) is 3.42.